The molecular formula is C30H24ClNO4. The third-order valence-electron chi connectivity index (χ3n) is 7.13. The van der Waals surface area contributed by atoms with Gasteiger partial charge in [-0.25, -0.2) is 4.79 Å². The number of benzene rings is 3. The fourth-order valence-electron chi connectivity index (χ4n) is 5.56. The molecule has 6 rings (SSSR count). The Bertz CT molecular complexity index is 1610. The van der Waals surface area contributed by atoms with Crippen LogP contribution in [0.3, 0.4) is 0 Å². The van der Waals surface area contributed by atoms with Gasteiger partial charge in [0.1, 0.15) is 17.6 Å². The molecule has 3 aromatic carbocycles. The average Bonchev–Trinajstić information content (AvgIpc) is 3.32. The van der Waals surface area contributed by atoms with Gasteiger partial charge in [-0.05, 0) is 58.5 Å². The Morgan fingerprint density at radius 3 is 2.64 bits per heavy atom. The molecule has 0 fully saturated rings. The van der Waals surface area contributed by atoms with E-state index in [0.717, 1.165) is 39.6 Å². The van der Waals surface area contributed by atoms with Gasteiger partial charge in [-0.15, -0.1) is 0 Å². The number of furan rings is 1. The first-order valence-electron chi connectivity index (χ1n) is 11.9. The summed E-state index contributed by atoms with van der Waals surface area (Å²) in [5.74, 6) is 0.232. The fourth-order valence-corrected chi connectivity index (χ4v) is 5.82. The number of allylic oxidation sites excluding steroid dienone is 1. The van der Waals surface area contributed by atoms with Gasteiger partial charge < -0.3 is 14.8 Å². The van der Waals surface area contributed by atoms with Crippen LogP contribution in [0.2, 0.25) is 5.02 Å². The first-order chi connectivity index (χ1) is 17.2. The van der Waals surface area contributed by atoms with E-state index in [-0.39, 0.29) is 21.8 Å². The van der Waals surface area contributed by atoms with Crippen LogP contribution in [0.15, 0.2) is 76.7 Å². The van der Waals surface area contributed by atoms with E-state index in [4.69, 9.17) is 16.0 Å². The zero-order chi connectivity index (χ0) is 25.2. The predicted octanol–water partition coefficient (Wildman–Crippen LogP) is 7.76. The smallest absolute Gasteiger partial charge is 0.337 e. The second-order valence-electron chi connectivity index (χ2n) is 10.3. The molecule has 0 saturated carbocycles. The van der Waals surface area contributed by atoms with Crippen LogP contribution < -0.4 is 5.32 Å². The van der Waals surface area contributed by atoms with E-state index >= 15 is 0 Å². The van der Waals surface area contributed by atoms with Crippen LogP contribution >= 0.6 is 11.6 Å². The third kappa shape index (κ3) is 3.62. The molecule has 1 aromatic heterocycles. The van der Waals surface area contributed by atoms with Crippen molar-refractivity contribution in [2.45, 2.75) is 32.7 Å². The Morgan fingerprint density at radius 2 is 1.86 bits per heavy atom. The highest BCUT2D eigenvalue weighted by Gasteiger charge is 2.41. The molecule has 4 aromatic rings. The van der Waals surface area contributed by atoms with Crippen LogP contribution in [0.25, 0.3) is 27.7 Å². The van der Waals surface area contributed by atoms with Crippen molar-refractivity contribution in [2.75, 3.05) is 5.32 Å². The summed E-state index contributed by atoms with van der Waals surface area (Å²) in [4.78, 5) is 24.9. The molecule has 6 heteroatoms. The van der Waals surface area contributed by atoms with Crippen molar-refractivity contribution in [2.24, 2.45) is 5.41 Å². The molecule has 0 unspecified atom stereocenters. The molecule has 5 nitrogen and oxygen atoms in total. The first-order valence-corrected chi connectivity index (χ1v) is 12.3. The standard InChI is InChI=1S/C30H24ClNO4/c1-30(2)14-20-26-18-6-4-3-5-16(18)8-10-22(26)32-28(27(20)23(33)15-30)25-12-11-24(36-25)17-7-9-19(29(34)35)21(31)13-17/h3-13,28,32H,14-15H2,1-2H3,(H,34,35)/t28-/m0/s1. The lowest BCUT2D eigenvalue weighted by Crippen LogP contribution is -2.33. The summed E-state index contributed by atoms with van der Waals surface area (Å²) in [7, 11) is 0. The highest BCUT2D eigenvalue weighted by molar-refractivity contribution is 6.33. The molecule has 2 heterocycles. The summed E-state index contributed by atoms with van der Waals surface area (Å²) < 4.78 is 6.26. The minimum absolute atomic E-state index is 0.0372. The molecule has 1 aliphatic carbocycles. The number of ketones is 1. The second-order valence-corrected chi connectivity index (χ2v) is 10.7. The van der Waals surface area contributed by atoms with E-state index in [9.17, 15) is 14.7 Å². The zero-order valence-corrected chi connectivity index (χ0v) is 20.6. The summed E-state index contributed by atoms with van der Waals surface area (Å²) >= 11 is 6.18. The number of anilines is 1. The molecule has 180 valence electrons. The van der Waals surface area contributed by atoms with Gasteiger partial charge in [0, 0.05) is 28.8 Å². The van der Waals surface area contributed by atoms with Crippen molar-refractivity contribution in [3.63, 3.8) is 0 Å². The molecule has 2 N–H and O–H groups in total. The Morgan fingerprint density at radius 1 is 1.06 bits per heavy atom. The van der Waals surface area contributed by atoms with Crippen molar-refractivity contribution < 1.29 is 19.1 Å². The maximum atomic E-state index is 13.6. The topological polar surface area (TPSA) is 79.5 Å². The highest BCUT2D eigenvalue weighted by Crippen LogP contribution is 2.52. The van der Waals surface area contributed by atoms with Gasteiger partial charge in [-0.2, -0.15) is 0 Å². The molecule has 36 heavy (non-hydrogen) atoms. The van der Waals surface area contributed by atoms with E-state index in [1.807, 2.05) is 24.3 Å². The number of carbonyl (C=O) groups excluding carboxylic acids is 1. The van der Waals surface area contributed by atoms with E-state index in [2.05, 4.69) is 43.4 Å². The monoisotopic (exact) mass is 497 g/mol. The normalized spacial score (nSPS) is 18.5. The SMILES string of the molecule is CC1(C)CC(=O)C2=C(C1)c1c(ccc3ccccc13)N[C@H]2c1ccc(-c2ccc(C(=O)O)c(Cl)c2)o1. The minimum atomic E-state index is -1.08. The largest absolute Gasteiger partial charge is 0.478 e. The molecule has 0 spiro atoms. The lowest BCUT2D eigenvalue weighted by molar-refractivity contribution is -0.118. The Labute approximate surface area is 213 Å². The second kappa shape index (κ2) is 8.10. The van der Waals surface area contributed by atoms with E-state index in [0.29, 0.717) is 23.5 Å². The number of carboxylic acid groups (broad SMARTS) is 1. The van der Waals surface area contributed by atoms with Gasteiger partial charge in [0.25, 0.3) is 0 Å². The number of hydrogen-bond acceptors (Lipinski definition) is 4. The van der Waals surface area contributed by atoms with Crippen molar-refractivity contribution in [3.8, 4) is 11.3 Å². The number of nitrogens with one attached hydrogen (secondary N) is 1. The summed E-state index contributed by atoms with van der Waals surface area (Å²) in [6.45, 7) is 4.29. The van der Waals surface area contributed by atoms with E-state index in [1.165, 1.54) is 6.07 Å². The van der Waals surface area contributed by atoms with Crippen LogP contribution in [0.4, 0.5) is 5.69 Å². The molecule has 1 atom stereocenters. The number of Topliss-reactive ketones (excluding diaryl/α,β-unsaturated/α-hetero) is 1. The van der Waals surface area contributed by atoms with Crippen molar-refractivity contribution in [1.29, 1.82) is 0 Å². The minimum Gasteiger partial charge on any atom is -0.478 e. The van der Waals surface area contributed by atoms with E-state index < -0.39 is 12.0 Å². The van der Waals surface area contributed by atoms with Gasteiger partial charge in [0.15, 0.2) is 5.78 Å². The van der Waals surface area contributed by atoms with E-state index in [1.54, 1.807) is 12.1 Å². The number of halogens is 1. The number of fused-ring (bicyclic) bond motifs is 4. The van der Waals surface area contributed by atoms with Gasteiger partial charge in [-0.3, -0.25) is 4.79 Å². The van der Waals surface area contributed by atoms with Gasteiger partial charge in [0.05, 0.1) is 10.6 Å². The maximum absolute atomic E-state index is 13.6. The molecule has 0 amide bonds. The maximum Gasteiger partial charge on any atom is 0.337 e. The number of hydrogen-bond donors (Lipinski definition) is 2. The molecule has 1 aliphatic heterocycles. The zero-order valence-electron chi connectivity index (χ0n) is 19.9. The van der Waals surface area contributed by atoms with Crippen LogP contribution in [-0.4, -0.2) is 16.9 Å². The van der Waals surface area contributed by atoms with Crippen LogP contribution in [0.5, 0.6) is 0 Å². The van der Waals surface area contributed by atoms with Crippen LogP contribution in [0.1, 0.15) is 54.4 Å². The summed E-state index contributed by atoms with van der Waals surface area (Å²) in [5, 5.41) is 15.3. The molecule has 2 aliphatic rings. The molecule has 0 saturated heterocycles. The van der Waals surface area contributed by atoms with Gasteiger partial charge in [0.2, 0.25) is 0 Å². The Hall–Kier alpha value is -3.83. The number of carboxylic acids is 1. The molecule has 0 radical (unpaired) electrons. The number of carbonyl (C=O) groups is 2. The van der Waals surface area contributed by atoms with Gasteiger partial charge in [-0.1, -0.05) is 61.8 Å². The molecule has 0 bridgehead atoms. The summed E-state index contributed by atoms with van der Waals surface area (Å²) in [6.07, 6.45) is 1.27. The van der Waals surface area contributed by atoms with Crippen molar-refractivity contribution in [1.82, 2.24) is 0 Å². The van der Waals surface area contributed by atoms with Gasteiger partial charge >= 0.3 is 5.97 Å². The third-order valence-corrected chi connectivity index (χ3v) is 7.45. The lowest BCUT2D eigenvalue weighted by atomic mass is 9.68. The number of aromatic carboxylic acids is 1. The van der Waals surface area contributed by atoms with Crippen molar-refractivity contribution >= 4 is 45.4 Å². The Kier molecular flexibility index (Phi) is 5.09. The Balaban J connectivity index is 1.48. The first kappa shape index (κ1) is 22.6. The average molecular weight is 498 g/mol. The highest BCUT2D eigenvalue weighted by atomic mass is 35.5. The predicted molar refractivity (Wildman–Crippen MR) is 141 cm³/mol. The van der Waals surface area contributed by atoms with Crippen LogP contribution in [-0.2, 0) is 4.79 Å². The molecular weight excluding hydrogens is 474 g/mol. The van der Waals surface area contributed by atoms with Crippen molar-refractivity contribution in [3.05, 3.63) is 94.2 Å². The lowest BCUT2D eigenvalue weighted by Gasteiger charge is -2.39. The quantitative estimate of drug-likeness (QED) is 0.302. The number of rotatable bonds is 3. The fraction of sp³-hybridized carbons (Fsp3) is 0.200. The summed E-state index contributed by atoms with van der Waals surface area (Å²) in [5.41, 5.74) is 4.50. The van der Waals surface area contributed by atoms with Crippen LogP contribution in [0, 0.1) is 5.41 Å². The summed E-state index contributed by atoms with van der Waals surface area (Å²) in [6, 6.07) is 20.5.